The zero-order valence-corrected chi connectivity index (χ0v) is 18.0. The second-order valence-electron chi connectivity index (χ2n) is 8.61. The van der Waals surface area contributed by atoms with E-state index in [0.717, 1.165) is 19.5 Å². The van der Waals surface area contributed by atoms with E-state index in [1.165, 1.54) is 33.4 Å². The summed E-state index contributed by atoms with van der Waals surface area (Å²) in [6.45, 7) is 2.73. The Hall–Kier alpha value is -3.15. The number of nitrogens with one attached hydrogen (secondary N) is 1. The number of aliphatic hydroxyl groups is 1. The van der Waals surface area contributed by atoms with Crippen LogP contribution < -0.4 is 5.32 Å². The van der Waals surface area contributed by atoms with Crippen molar-refractivity contribution in [3.8, 4) is 11.1 Å². The molecule has 0 bridgehead atoms. The van der Waals surface area contributed by atoms with E-state index < -0.39 is 12.2 Å². The molecule has 2 aliphatic rings. The number of benzene rings is 3. The van der Waals surface area contributed by atoms with E-state index in [-0.39, 0.29) is 19.1 Å². The summed E-state index contributed by atoms with van der Waals surface area (Å²) in [4.78, 5) is 14.6. The molecule has 5 rings (SSSR count). The van der Waals surface area contributed by atoms with Crippen molar-refractivity contribution >= 4 is 6.09 Å². The number of amides is 1. The van der Waals surface area contributed by atoms with Gasteiger partial charge in [0.25, 0.3) is 0 Å². The first-order chi connectivity index (χ1) is 15.7. The molecule has 2 N–H and O–H groups in total. The number of hydrogen-bond donors (Lipinski definition) is 2. The van der Waals surface area contributed by atoms with Crippen LogP contribution in [-0.4, -0.2) is 48.4 Å². The number of alkyl carbamates (subject to hydrolysis) is 1. The summed E-state index contributed by atoms with van der Waals surface area (Å²) in [5.41, 5.74) is 7.48. The van der Waals surface area contributed by atoms with Crippen molar-refractivity contribution in [2.75, 3.05) is 26.2 Å². The van der Waals surface area contributed by atoms with Crippen molar-refractivity contribution in [1.82, 2.24) is 10.2 Å². The molecule has 32 heavy (non-hydrogen) atoms. The van der Waals surface area contributed by atoms with Crippen LogP contribution in [0.4, 0.5) is 4.79 Å². The molecule has 0 spiro atoms. The molecule has 0 aromatic heterocycles. The van der Waals surface area contributed by atoms with Crippen LogP contribution in [0.25, 0.3) is 11.1 Å². The van der Waals surface area contributed by atoms with Crippen LogP contribution in [0.1, 0.15) is 28.2 Å². The van der Waals surface area contributed by atoms with Crippen LogP contribution in [0.5, 0.6) is 0 Å². The van der Waals surface area contributed by atoms with Gasteiger partial charge in [-0.15, -0.1) is 0 Å². The molecule has 1 aliphatic carbocycles. The first kappa shape index (κ1) is 20.7. The predicted octanol–water partition coefficient (Wildman–Crippen LogP) is 3.94. The van der Waals surface area contributed by atoms with Crippen molar-refractivity contribution in [3.05, 3.63) is 95.1 Å². The molecular formula is C27H28N2O3. The van der Waals surface area contributed by atoms with E-state index in [1.807, 2.05) is 24.3 Å². The van der Waals surface area contributed by atoms with Crippen LogP contribution in [0.3, 0.4) is 0 Å². The van der Waals surface area contributed by atoms with Gasteiger partial charge in [-0.25, -0.2) is 4.79 Å². The van der Waals surface area contributed by atoms with Gasteiger partial charge in [-0.3, -0.25) is 4.90 Å². The van der Waals surface area contributed by atoms with E-state index in [4.69, 9.17) is 4.74 Å². The van der Waals surface area contributed by atoms with Crippen LogP contribution in [-0.2, 0) is 17.7 Å². The molecule has 5 heteroatoms. The highest BCUT2D eigenvalue weighted by atomic mass is 16.5. The van der Waals surface area contributed by atoms with Gasteiger partial charge in [0.2, 0.25) is 0 Å². The van der Waals surface area contributed by atoms with Crippen molar-refractivity contribution in [1.29, 1.82) is 0 Å². The van der Waals surface area contributed by atoms with E-state index in [1.54, 1.807) is 0 Å². The van der Waals surface area contributed by atoms with E-state index in [9.17, 15) is 9.90 Å². The topological polar surface area (TPSA) is 61.8 Å². The second kappa shape index (κ2) is 9.15. The number of carbonyl (C=O) groups is 1. The Balaban J connectivity index is 1.11. The van der Waals surface area contributed by atoms with Crippen LogP contribution >= 0.6 is 0 Å². The highest BCUT2D eigenvalue weighted by Crippen LogP contribution is 2.44. The predicted molar refractivity (Wildman–Crippen MR) is 125 cm³/mol. The molecule has 1 heterocycles. The van der Waals surface area contributed by atoms with Crippen molar-refractivity contribution in [2.24, 2.45) is 0 Å². The Morgan fingerprint density at radius 2 is 1.59 bits per heavy atom. The molecule has 0 fully saturated rings. The van der Waals surface area contributed by atoms with E-state index in [2.05, 4.69) is 58.7 Å². The molecule has 3 aromatic rings. The average molecular weight is 429 g/mol. The summed E-state index contributed by atoms with van der Waals surface area (Å²) in [5.74, 6) is 0.0338. The van der Waals surface area contributed by atoms with Gasteiger partial charge in [0.05, 0.1) is 6.10 Å². The maximum absolute atomic E-state index is 12.3. The zero-order chi connectivity index (χ0) is 21.9. The third kappa shape index (κ3) is 4.27. The van der Waals surface area contributed by atoms with Gasteiger partial charge >= 0.3 is 6.09 Å². The third-order valence-electron chi connectivity index (χ3n) is 6.50. The minimum atomic E-state index is -0.638. The number of nitrogens with zero attached hydrogens (tertiary/aromatic N) is 1. The number of carbonyl (C=O) groups excluding carboxylic acids is 1. The summed E-state index contributed by atoms with van der Waals surface area (Å²) < 4.78 is 5.55. The Morgan fingerprint density at radius 3 is 2.31 bits per heavy atom. The molecule has 3 aromatic carbocycles. The van der Waals surface area contributed by atoms with Crippen LogP contribution in [0.15, 0.2) is 72.8 Å². The molecule has 1 amide bonds. The van der Waals surface area contributed by atoms with Gasteiger partial charge in [0.1, 0.15) is 6.61 Å². The smallest absolute Gasteiger partial charge is 0.407 e. The summed E-state index contributed by atoms with van der Waals surface area (Å²) >= 11 is 0. The number of hydrogen-bond acceptors (Lipinski definition) is 4. The Bertz CT molecular complexity index is 1070. The normalized spacial score (nSPS) is 16.0. The minimum Gasteiger partial charge on any atom is -0.449 e. The molecule has 0 radical (unpaired) electrons. The molecule has 5 nitrogen and oxygen atoms in total. The zero-order valence-electron chi connectivity index (χ0n) is 18.0. The minimum absolute atomic E-state index is 0.0338. The lowest BCUT2D eigenvalue weighted by atomic mass is 9.98. The van der Waals surface area contributed by atoms with Crippen molar-refractivity contribution < 1.29 is 14.6 Å². The molecular weight excluding hydrogens is 400 g/mol. The molecule has 0 saturated heterocycles. The van der Waals surface area contributed by atoms with Gasteiger partial charge < -0.3 is 15.2 Å². The van der Waals surface area contributed by atoms with Gasteiger partial charge in [0, 0.05) is 32.1 Å². The second-order valence-corrected chi connectivity index (χ2v) is 8.61. The van der Waals surface area contributed by atoms with Gasteiger partial charge in [-0.05, 0) is 39.8 Å². The number of ether oxygens (including phenoxy) is 1. The van der Waals surface area contributed by atoms with Crippen LogP contribution in [0, 0.1) is 0 Å². The third-order valence-corrected chi connectivity index (χ3v) is 6.50. The maximum Gasteiger partial charge on any atom is 0.407 e. The fourth-order valence-corrected chi connectivity index (χ4v) is 4.92. The van der Waals surface area contributed by atoms with E-state index in [0.29, 0.717) is 6.54 Å². The lowest BCUT2D eigenvalue weighted by Crippen LogP contribution is -2.42. The fourth-order valence-electron chi connectivity index (χ4n) is 4.92. The van der Waals surface area contributed by atoms with Gasteiger partial charge in [-0.2, -0.15) is 0 Å². The average Bonchev–Trinajstić information content (AvgIpc) is 3.15. The maximum atomic E-state index is 12.3. The van der Waals surface area contributed by atoms with Gasteiger partial charge in [0.15, 0.2) is 0 Å². The monoisotopic (exact) mass is 428 g/mol. The highest BCUT2D eigenvalue weighted by Gasteiger charge is 2.29. The summed E-state index contributed by atoms with van der Waals surface area (Å²) in [6, 6.07) is 25.0. The molecule has 1 aliphatic heterocycles. The molecule has 0 unspecified atom stereocenters. The Kier molecular flexibility index (Phi) is 5.93. The summed E-state index contributed by atoms with van der Waals surface area (Å²) in [6.07, 6.45) is -0.140. The first-order valence-electron chi connectivity index (χ1n) is 11.2. The SMILES string of the molecule is O=C(NC[C@@H](O)CN1CCc2ccccc2C1)OCC1c2ccccc2-c2ccccc21. The number of aliphatic hydroxyl groups excluding tert-OH is 1. The summed E-state index contributed by atoms with van der Waals surface area (Å²) in [5, 5.41) is 13.2. The standard InChI is InChI=1S/C27H28N2O3/c30-21(17-29-14-13-19-7-1-2-8-20(19)16-29)15-28-27(31)32-18-26-24-11-5-3-9-22(24)23-10-4-6-12-25(23)26/h1-12,21,26,30H,13-18H2,(H,28,31)/t21-/m1/s1. The number of fused-ring (bicyclic) bond motifs is 4. The van der Waals surface area contributed by atoms with Crippen molar-refractivity contribution in [2.45, 2.75) is 25.0 Å². The quantitative estimate of drug-likeness (QED) is 0.624. The molecule has 0 saturated carbocycles. The van der Waals surface area contributed by atoms with Gasteiger partial charge in [-0.1, -0.05) is 72.8 Å². The molecule has 164 valence electrons. The Morgan fingerprint density at radius 1 is 0.969 bits per heavy atom. The molecule has 1 atom stereocenters. The fraction of sp³-hybridized carbons (Fsp3) is 0.296. The van der Waals surface area contributed by atoms with E-state index >= 15 is 0 Å². The largest absolute Gasteiger partial charge is 0.449 e. The Labute approximate surface area is 188 Å². The first-order valence-corrected chi connectivity index (χ1v) is 11.2. The highest BCUT2D eigenvalue weighted by molar-refractivity contribution is 5.79. The van der Waals surface area contributed by atoms with Crippen LogP contribution in [0.2, 0.25) is 0 Å². The number of β-amino-alcohol motifs (C(OH)–C–C–N with tert-alkyl or cyclic N) is 1. The lowest BCUT2D eigenvalue weighted by Gasteiger charge is -2.30. The van der Waals surface area contributed by atoms with Crippen molar-refractivity contribution in [3.63, 3.8) is 0 Å². The summed E-state index contributed by atoms with van der Waals surface area (Å²) in [7, 11) is 0. The lowest BCUT2D eigenvalue weighted by molar-refractivity contribution is 0.0964. The number of rotatable bonds is 6.